The normalized spacial score (nSPS) is 10.9. The second-order valence-electron chi connectivity index (χ2n) is 4.78. The van der Waals surface area contributed by atoms with Crippen molar-refractivity contribution in [1.82, 2.24) is 5.32 Å². The van der Waals surface area contributed by atoms with E-state index in [0.29, 0.717) is 0 Å². The van der Waals surface area contributed by atoms with Gasteiger partial charge < -0.3 is 15.7 Å². The molecule has 1 rings (SSSR count). The molecule has 0 saturated heterocycles. The van der Waals surface area contributed by atoms with Crippen LogP contribution in [0.5, 0.6) is 0 Å². The van der Waals surface area contributed by atoms with Crippen LogP contribution in [0.2, 0.25) is 5.02 Å². The van der Waals surface area contributed by atoms with Crippen molar-refractivity contribution in [2.45, 2.75) is 32.7 Å². The van der Waals surface area contributed by atoms with Gasteiger partial charge in [-0.3, -0.25) is 0 Å². The van der Waals surface area contributed by atoms with Crippen molar-refractivity contribution in [1.29, 1.82) is 0 Å². The van der Waals surface area contributed by atoms with Crippen LogP contribution in [0.3, 0.4) is 0 Å². The van der Waals surface area contributed by atoms with Crippen LogP contribution in [-0.4, -0.2) is 22.6 Å². The number of halogens is 1. The van der Waals surface area contributed by atoms with E-state index >= 15 is 0 Å². The smallest absolute Gasteiger partial charge is 0.339 e. The Morgan fingerprint density at radius 2 is 2.00 bits per heavy atom. The number of carbonyl (C=O) groups excluding carboxylic acids is 1. The molecule has 0 atom stereocenters. The van der Waals surface area contributed by atoms with Crippen LogP contribution in [0.15, 0.2) is 18.2 Å². The second kappa shape index (κ2) is 5.93. The first-order chi connectivity index (χ1) is 8.76. The highest BCUT2D eigenvalue weighted by Crippen LogP contribution is 2.24. The van der Waals surface area contributed by atoms with E-state index in [1.54, 1.807) is 6.07 Å². The Morgan fingerprint density at radius 1 is 1.37 bits per heavy atom. The molecule has 0 heterocycles. The summed E-state index contributed by atoms with van der Waals surface area (Å²) < 4.78 is 0. The Kier molecular flexibility index (Phi) is 4.78. The van der Waals surface area contributed by atoms with Gasteiger partial charge in [0.15, 0.2) is 0 Å². The second-order valence-corrected chi connectivity index (χ2v) is 5.19. The molecule has 0 aliphatic rings. The predicted molar refractivity (Wildman–Crippen MR) is 74.9 cm³/mol. The summed E-state index contributed by atoms with van der Waals surface area (Å²) in [5.74, 6) is -1.18. The van der Waals surface area contributed by atoms with E-state index in [-0.39, 0.29) is 21.8 Å². The maximum Gasteiger partial charge on any atom is 0.339 e. The van der Waals surface area contributed by atoms with Crippen LogP contribution in [0.4, 0.5) is 10.5 Å². The first-order valence-electron chi connectivity index (χ1n) is 5.88. The van der Waals surface area contributed by atoms with Crippen molar-refractivity contribution in [2.24, 2.45) is 0 Å². The number of carboxylic acid groups (broad SMARTS) is 1. The molecule has 1 aromatic carbocycles. The quantitative estimate of drug-likeness (QED) is 0.793. The molecule has 3 N–H and O–H groups in total. The van der Waals surface area contributed by atoms with Crippen LogP contribution < -0.4 is 10.6 Å². The van der Waals surface area contributed by atoms with Gasteiger partial charge in [-0.1, -0.05) is 24.6 Å². The minimum atomic E-state index is -1.18. The molecule has 104 valence electrons. The van der Waals surface area contributed by atoms with E-state index in [2.05, 4.69) is 10.6 Å². The zero-order chi connectivity index (χ0) is 14.6. The molecule has 5 nitrogen and oxygen atoms in total. The molecule has 0 radical (unpaired) electrons. The molecular formula is C13H17ClN2O3. The van der Waals surface area contributed by atoms with Gasteiger partial charge in [-0.2, -0.15) is 0 Å². The number of hydrogen-bond donors (Lipinski definition) is 3. The number of carboxylic acids is 1. The van der Waals surface area contributed by atoms with E-state index < -0.39 is 12.0 Å². The highest BCUT2D eigenvalue weighted by atomic mass is 35.5. The highest BCUT2D eigenvalue weighted by molar-refractivity contribution is 6.34. The topological polar surface area (TPSA) is 78.4 Å². The lowest BCUT2D eigenvalue weighted by Gasteiger charge is -2.24. The van der Waals surface area contributed by atoms with Crippen molar-refractivity contribution < 1.29 is 14.7 Å². The largest absolute Gasteiger partial charge is 0.478 e. The first-order valence-corrected chi connectivity index (χ1v) is 6.25. The number of amides is 2. The number of rotatable bonds is 4. The van der Waals surface area contributed by atoms with Crippen molar-refractivity contribution in [3.8, 4) is 0 Å². The zero-order valence-electron chi connectivity index (χ0n) is 11.1. The molecule has 0 bridgehead atoms. The first kappa shape index (κ1) is 15.3. The van der Waals surface area contributed by atoms with E-state index in [4.69, 9.17) is 16.7 Å². The van der Waals surface area contributed by atoms with Crippen LogP contribution in [-0.2, 0) is 0 Å². The number of anilines is 1. The molecule has 0 fully saturated rings. The molecule has 0 aliphatic heterocycles. The van der Waals surface area contributed by atoms with Crippen LogP contribution in [0, 0.1) is 0 Å². The third-order valence-corrected chi connectivity index (χ3v) is 3.13. The molecule has 0 aromatic heterocycles. The van der Waals surface area contributed by atoms with Gasteiger partial charge in [0.05, 0.1) is 10.7 Å². The van der Waals surface area contributed by atoms with Crippen molar-refractivity contribution in [3.63, 3.8) is 0 Å². The van der Waals surface area contributed by atoms with Gasteiger partial charge in [-0.05, 0) is 32.4 Å². The predicted octanol–water partition coefficient (Wildman–Crippen LogP) is 3.35. The van der Waals surface area contributed by atoms with Gasteiger partial charge in [-0.25, -0.2) is 9.59 Å². The lowest BCUT2D eigenvalue weighted by atomic mass is 10.0. The van der Waals surface area contributed by atoms with Gasteiger partial charge in [0.25, 0.3) is 0 Å². The number of urea groups is 1. The van der Waals surface area contributed by atoms with Gasteiger partial charge in [-0.15, -0.1) is 0 Å². The number of carbonyl (C=O) groups is 2. The van der Waals surface area contributed by atoms with Gasteiger partial charge in [0, 0.05) is 5.54 Å². The monoisotopic (exact) mass is 284 g/mol. The number of aromatic carboxylic acids is 1. The molecule has 6 heteroatoms. The summed E-state index contributed by atoms with van der Waals surface area (Å²) in [6, 6.07) is 4.07. The van der Waals surface area contributed by atoms with Gasteiger partial charge >= 0.3 is 12.0 Å². The zero-order valence-corrected chi connectivity index (χ0v) is 11.8. The van der Waals surface area contributed by atoms with Crippen LogP contribution >= 0.6 is 11.6 Å². The lowest BCUT2D eigenvalue weighted by Crippen LogP contribution is -2.45. The van der Waals surface area contributed by atoms with E-state index in [1.165, 1.54) is 12.1 Å². The molecule has 0 aliphatic carbocycles. The molecular weight excluding hydrogens is 268 g/mol. The average molecular weight is 285 g/mol. The number of benzene rings is 1. The maximum absolute atomic E-state index is 11.8. The van der Waals surface area contributed by atoms with Crippen LogP contribution in [0.1, 0.15) is 37.6 Å². The molecule has 2 amide bonds. The Hall–Kier alpha value is -1.75. The van der Waals surface area contributed by atoms with Crippen molar-refractivity contribution in [3.05, 3.63) is 28.8 Å². The summed E-state index contributed by atoms with van der Waals surface area (Å²) in [7, 11) is 0. The van der Waals surface area contributed by atoms with Gasteiger partial charge in [0.1, 0.15) is 5.56 Å². The Bertz CT molecular complexity index is 501. The van der Waals surface area contributed by atoms with E-state index in [9.17, 15) is 9.59 Å². The van der Waals surface area contributed by atoms with Crippen LogP contribution in [0.25, 0.3) is 0 Å². The minimum Gasteiger partial charge on any atom is -0.478 e. The summed E-state index contributed by atoms with van der Waals surface area (Å²) in [4.78, 5) is 22.9. The molecule has 0 spiro atoms. The summed E-state index contributed by atoms with van der Waals surface area (Å²) >= 11 is 5.82. The third kappa shape index (κ3) is 4.13. The minimum absolute atomic E-state index is 0.0834. The fourth-order valence-corrected chi connectivity index (χ4v) is 1.65. The molecule has 0 unspecified atom stereocenters. The maximum atomic E-state index is 11.8. The van der Waals surface area contributed by atoms with E-state index in [0.717, 1.165) is 6.42 Å². The highest BCUT2D eigenvalue weighted by Gasteiger charge is 2.20. The molecule has 1 aromatic rings. The van der Waals surface area contributed by atoms with E-state index in [1.807, 2.05) is 20.8 Å². The summed E-state index contributed by atoms with van der Waals surface area (Å²) in [6.07, 6.45) is 0.752. The average Bonchev–Trinajstić information content (AvgIpc) is 2.27. The summed E-state index contributed by atoms with van der Waals surface area (Å²) in [5.41, 5.74) is -0.315. The van der Waals surface area contributed by atoms with Crippen molar-refractivity contribution >= 4 is 29.3 Å². The summed E-state index contributed by atoms with van der Waals surface area (Å²) in [6.45, 7) is 5.70. The SMILES string of the molecule is CCC(C)(C)NC(=O)Nc1cccc(Cl)c1C(=O)O. The van der Waals surface area contributed by atoms with Gasteiger partial charge in [0.2, 0.25) is 0 Å². The fourth-order valence-electron chi connectivity index (χ4n) is 1.39. The fraction of sp³-hybridized carbons (Fsp3) is 0.385. The Morgan fingerprint density at radius 3 is 2.53 bits per heavy atom. The third-order valence-electron chi connectivity index (χ3n) is 2.81. The number of hydrogen-bond acceptors (Lipinski definition) is 2. The molecule has 19 heavy (non-hydrogen) atoms. The number of nitrogens with one attached hydrogen (secondary N) is 2. The Balaban J connectivity index is 2.92. The Labute approximate surface area is 117 Å². The molecule has 0 saturated carbocycles. The standard InChI is InChI=1S/C13H17ClN2O3/c1-4-13(2,3)16-12(19)15-9-7-5-6-8(14)10(9)11(17)18/h5-7H,4H2,1-3H3,(H,17,18)(H2,15,16,19). The lowest BCUT2D eigenvalue weighted by molar-refractivity contribution is 0.0698. The summed E-state index contributed by atoms with van der Waals surface area (Å²) in [5, 5.41) is 14.4. The van der Waals surface area contributed by atoms with Crippen molar-refractivity contribution in [2.75, 3.05) is 5.32 Å².